The lowest BCUT2D eigenvalue weighted by molar-refractivity contribution is 0.242. The third-order valence-corrected chi connectivity index (χ3v) is 6.11. The van der Waals surface area contributed by atoms with E-state index in [1.54, 1.807) is 0 Å². The van der Waals surface area contributed by atoms with Crippen LogP contribution < -0.4 is 10.6 Å². The second-order valence-electron chi connectivity index (χ2n) is 8.07. The minimum Gasteiger partial charge on any atom is -0.357 e. The molecule has 1 atom stereocenters. The topological polar surface area (TPSA) is 52.6 Å². The molecule has 0 spiro atoms. The van der Waals surface area contributed by atoms with Crippen LogP contribution in [-0.2, 0) is 6.42 Å². The highest BCUT2D eigenvalue weighted by Gasteiger charge is 2.30. The van der Waals surface area contributed by atoms with Gasteiger partial charge in [0.2, 0.25) is 0 Å². The van der Waals surface area contributed by atoms with Crippen LogP contribution in [0.5, 0.6) is 0 Å². The van der Waals surface area contributed by atoms with Gasteiger partial charge in [-0.1, -0.05) is 37.1 Å². The van der Waals surface area contributed by atoms with Crippen LogP contribution in [0.1, 0.15) is 44.6 Å². The molecule has 2 fully saturated rings. The van der Waals surface area contributed by atoms with Crippen molar-refractivity contribution in [3.8, 4) is 0 Å². The van der Waals surface area contributed by atoms with Crippen LogP contribution in [-0.4, -0.2) is 54.1 Å². The van der Waals surface area contributed by atoms with Crippen LogP contribution >= 0.6 is 24.0 Å². The number of hydrogen-bond acceptors (Lipinski definition) is 3. The number of aromatic nitrogens is 1. The molecule has 1 saturated heterocycles. The lowest BCUT2D eigenvalue weighted by Crippen LogP contribution is -2.45. The van der Waals surface area contributed by atoms with E-state index in [2.05, 4.69) is 51.7 Å². The van der Waals surface area contributed by atoms with Crippen LogP contribution in [0.3, 0.4) is 0 Å². The molecule has 0 radical (unpaired) electrons. The van der Waals surface area contributed by atoms with Crippen molar-refractivity contribution in [1.82, 2.24) is 20.5 Å². The fourth-order valence-corrected chi connectivity index (χ4v) is 4.68. The third kappa shape index (κ3) is 5.81. The van der Waals surface area contributed by atoms with Crippen LogP contribution in [0, 0.1) is 0 Å². The maximum absolute atomic E-state index is 4.85. The van der Waals surface area contributed by atoms with Gasteiger partial charge in [-0.05, 0) is 44.2 Å². The first-order chi connectivity index (χ1) is 13.8. The molecule has 1 saturated carbocycles. The molecular weight excluding hydrogens is 473 g/mol. The first kappa shape index (κ1) is 22.3. The van der Waals surface area contributed by atoms with Gasteiger partial charge in [-0.3, -0.25) is 14.9 Å². The van der Waals surface area contributed by atoms with Gasteiger partial charge >= 0.3 is 0 Å². The van der Waals surface area contributed by atoms with Gasteiger partial charge in [-0.15, -0.1) is 24.0 Å². The van der Waals surface area contributed by atoms with Gasteiger partial charge in [-0.2, -0.15) is 0 Å². The Kier molecular flexibility index (Phi) is 8.53. The lowest BCUT2D eigenvalue weighted by atomic mass is 10.1. The van der Waals surface area contributed by atoms with E-state index in [1.807, 2.05) is 12.3 Å². The Morgan fingerprint density at radius 1 is 1.17 bits per heavy atom. The number of nitrogens with zero attached hydrogens (tertiary/aromatic N) is 3. The lowest BCUT2D eigenvalue weighted by Gasteiger charge is -2.24. The number of aliphatic imine (C=N–C) groups is 1. The average Bonchev–Trinajstić information content (AvgIpc) is 3.40. The molecule has 1 aromatic carbocycles. The van der Waals surface area contributed by atoms with Crippen LogP contribution in [0.2, 0.25) is 0 Å². The van der Waals surface area contributed by atoms with Gasteiger partial charge in [0.15, 0.2) is 5.96 Å². The summed E-state index contributed by atoms with van der Waals surface area (Å²) in [6.45, 7) is 6.17. The van der Waals surface area contributed by atoms with Gasteiger partial charge in [0.05, 0.1) is 5.52 Å². The normalized spacial score (nSPS) is 20.7. The minimum absolute atomic E-state index is 0. The third-order valence-electron chi connectivity index (χ3n) is 6.11. The number of fused-ring (bicyclic) bond motifs is 1. The zero-order valence-corrected chi connectivity index (χ0v) is 19.8. The molecule has 1 aromatic heterocycles. The Labute approximate surface area is 191 Å². The highest BCUT2D eigenvalue weighted by atomic mass is 127. The molecule has 2 N–H and O–H groups in total. The standard InChI is InChI=1S/C23H33N5.HI/c1-2-24-23(27-20-13-16-28(17-20)21-10-3-4-11-21)26-15-12-19-8-5-7-18-9-6-14-25-22(18)19;/h5-9,14,20-21H,2-4,10-13,15-17H2,1H3,(H2,24,26,27);1H. The van der Waals surface area contributed by atoms with E-state index in [0.717, 1.165) is 43.6 Å². The monoisotopic (exact) mass is 507 g/mol. The molecular formula is C23H34IN5. The Morgan fingerprint density at radius 3 is 2.83 bits per heavy atom. The Hall–Kier alpha value is -1.41. The smallest absolute Gasteiger partial charge is 0.191 e. The van der Waals surface area contributed by atoms with Crippen molar-refractivity contribution in [2.45, 2.75) is 57.5 Å². The highest BCUT2D eigenvalue weighted by molar-refractivity contribution is 14.0. The van der Waals surface area contributed by atoms with E-state index in [-0.39, 0.29) is 24.0 Å². The maximum atomic E-state index is 4.85. The molecule has 2 aliphatic rings. The van der Waals surface area contributed by atoms with E-state index in [9.17, 15) is 0 Å². The summed E-state index contributed by atoms with van der Waals surface area (Å²) < 4.78 is 0. The van der Waals surface area contributed by atoms with Crippen molar-refractivity contribution in [2.24, 2.45) is 4.99 Å². The van der Waals surface area contributed by atoms with Crippen molar-refractivity contribution in [2.75, 3.05) is 26.2 Å². The summed E-state index contributed by atoms with van der Waals surface area (Å²) in [4.78, 5) is 12.1. The summed E-state index contributed by atoms with van der Waals surface area (Å²) in [5.74, 6) is 0.953. The number of halogens is 1. The first-order valence-corrected chi connectivity index (χ1v) is 10.9. The van der Waals surface area contributed by atoms with E-state index < -0.39 is 0 Å². The van der Waals surface area contributed by atoms with Crippen molar-refractivity contribution >= 4 is 40.8 Å². The van der Waals surface area contributed by atoms with Gasteiger partial charge in [0.1, 0.15) is 0 Å². The molecule has 29 heavy (non-hydrogen) atoms. The molecule has 6 heteroatoms. The molecule has 1 aliphatic heterocycles. The summed E-state index contributed by atoms with van der Waals surface area (Å²) >= 11 is 0. The molecule has 2 heterocycles. The molecule has 1 unspecified atom stereocenters. The van der Waals surface area contributed by atoms with Crippen LogP contribution in [0.15, 0.2) is 41.5 Å². The summed E-state index contributed by atoms with van der Waals surface area (Å²) in [6, 6.07) is 11.9. The van der Waals surface area contributed by atoms with Crippen LogP contribution in [0.25, 0.3) is 10.9 Å². The number of pyridine rings is 1. The fraction of sp³-hybridized carbons (Fsp3) is 0.565. The van der Waals surface area contributed by atoms with Gasteiger partial charge < -0.3 is 10.6 Å². The summed E-state index contributed by atoms with van der Waals surface area (Å²) in [7, 11) is 0. The molecule has 2 aromatic rings. The van der Waals surface area contributed by atoms with E-state index in [1.165, 1.54) is 49.6 Å². The van der Waals surface area contributed by atoms with E-state index >= 15 is 0 Å². The predicted molar refractivity (Wildman–Crippen MR) is 132 cm³/mol. The second kappa shape index (κ2) is 11.1. The Morgan fingerprint density at radius 2 is 2.00 bits per heavy atom. The van der Waals surface area contributed by atoms with E-state index in [0.29, 0.717) is 6.04 Å². The molecule has 5 nitrogen and oxygen atoms in total. The molecule has 0 bridgehead atoms. The predicted octanol–water partition coefficient (Wildman–Crippen LogP) is 3.97. The SMILES string of the molecule is CCNC(=NCCc1cccc2cccnc12)NC1CCN(C2CCCC2)C1.I. The van der Waals surface area contributed by atoms with Crippen LogP contribution in [0.4, 0.5) is 0 Å². The largest absolute Gasteiger partial charge is 0.357 e. The average molecular weight is 507 g/mol. The van der Waals surface area contributed by atoms with Crippen molar-refractivity contribution in [3.05, 3.63) is 42.1 Å². The molecule has 0 amide bonds. The number of likely N-dealkylation sites (tertiary alicyclic amines) is 1. The summed E-state index contributed by atoms with van der Waals surface area (Å²) in [5, 5.41) is 8.30. The van der Waals surface area contributed by atoms with Crippen molar-refractivity contribution in [3.63, 3.8) is 0 Å². The Balaban J connectivity index is 0.00000240. The molecule has 158 valence electrons. The number of hydrogen-bond donors (Lipinski definition) is 2. The summed E-state index contributed by atoms with van der Waals surface area (Å²) in [5.41, 5.74) is 2.37. The van der Waals surface area contributed by atoms with Gasteiger partial charge in [-0.25, -0.2) is 0 Å². The fourth-order valence-electron chi connectivity index (χ4n) is 4.68. The second-order valence-corrected chi connectivity index (χ2v) is 8.07. The van der Waals surface area contributed by atoms with Crippen molar-refractivity contribution in [1.29, 1.82) is 0 Å². The number of para-hydroxylation sites is 1. The van der Waals surface area contributed by atoms with Gasteiger partial charge in [0.25, 0.3) is 0 Å². The number of rotatable bonds is 6. The maximum Gasteiger partial charge on any atom is 0.191 e. The van der Waals surface area contributed by atoms with Gasteiger partial charge in [0, 0.05) is 49.8 Å². The zero-order chi connectivity index (χ0) is 19.2. The summed E-state index contributed by atoms with van der Waals surface area (Å²) in [6.07, 6.45) is 9.59. The highest BCUT2D eigenvalue weighted by Crippen LogP contribution is 2.26. The first-order valence-electron chi connectivity index (χ1n) is 10.9. The minimum atomic E-state index is 0. The van der Waals surface area contributed by atoms with E-state index in [4.69, 9.17) is 4.99 Å². The zero-order valence-electron chi connectivity index (χ0n) is 17.4. The molecule has 1 aliphatic carbocycles. The number of guanidine groups is 1. The molecule has 4 rings (SSSR count). The number of benzene rings is 1. The number of nitrogens with one attached hydrogen (secondary N) is 2. The quantitative estimate of drug-likeness (QED) is 0.353. The Bertz CT molecular complexity index is 797. The van der Waals surface area contributed by atoms with Crippen molar-refractivity contribution < 1.29 is 0 Å².